The Morgan fingerprint density at radius 2 is 1.50 bits per heavy atom. The van der Waals surface area contributed by atoms with Gasteiger partial charge < -0.3 is 10.2 Å². The van der Waals surface area contributed by atoms with Gasteiger partial charge in [-0.15, -0.1) is 0 Å². The second kappa shape index (κ2) is 12.7. The molecule has 0 aromatic heterocycles. The molecule has 0 aliphatic rings. The Morgan fingerprint density at radius 1 is 0.895 bits per heavy atom. The van der Waals surface area contributed by atoms with Gasteiger partial charge in [0.2, 0.25) is 21.8 Å². The predicted octanol–water partition coefficient (Wildman–Crippen LogP) is 3.98. The topological polar surface area (TPSA) is 86.8 Å². The minimum atomic E-state index is -3.85. The van der Waals surface area contributed by atoms with Crippen molar-refractivity contribution in [1.29, 1.82) is 0 Å². The van der Waals surface area contributed by atoms with Gasteiger partial charge >= 0.3 is 0 Å². The standard InChI is InChI=1S/C29H34FN3O4S/c1-5-31-29(35)26(18-23-12-7-6-8-13-23)32(19-24-14-16-25(30)17-15-24)27(34)20-33(38(4,36)37)28-21(2)10-9-11-22(28)3/h6-17,26H,5,18-20H2,1-4H3,(H,31,35)/t26-/m0/s1. The molecule has 3 aromatic rings. The smallest absolute Gasteiger partial charge is 0.244 e. The SMILES string of the molecule is CCNC(=O)[C@H](Cc1ccccc1)N(Cc1ccc(F)cc1)C(=O)CN(c1c(C)cccc1C)S(C)(=O)=O. The van der Waals surface area contributed by atoms with Crippen LogP contribution in [0.25, 0.3) is 0 Å². The average Bonchev–Trinajstić information content (AvgIpc) is 2.86. The van der Waals surface area contributed by atoms with E-state index < -0.39 is 34.3 Å². The van der Waals surface area contributed by atoms with Crippen molar-refractivity contribution in [2.45, 2.75) is 39.8 Å². The number of nitrogens with one attached hydrogen (secondary N) is 1. The molecule has 0 unspecified atom stereocenters. The fourth-order valence-corrected chi connectivity index (χ4v) is 5.37. The summed E-state index contributed by atoms with van der Waals surface area (Å²) in [6.45, 7) is 5.23. The highest BCUT2D eigenvalue weighted by Gasteiger charge is 2.33. The number of aryl methyl sites for hydroxylation is 2. The summed E-state index contributed by atoms with van der Waals surface area (Å²) >= 11 is 0. The summed E-state index contributed by atoms with van der Waals surface area (Å²) in [4.78, 5) is 28.7. The zero-order valence-electron chi connectivity index (χ0n) is 22.1. The molecule has 0 aliphatic carbocycles. The van der Waals surface area contributed by atoms with Crippen molar-refractivity contribution in [1.82, 2.24) is 10.2 Å². The summed E-state index contributed by atoms with van der Waals surface area (Å²) in [5, 5.41) is 2.80. The van der Waals surface area contributed by atoms with E-state index in [9.17, 15) is 22.4 Å². The molecule has 0 heterocycles. The van der Waals surface area contributed by atoms with E-state index in [-0.39, 0.29) is 18.9 Å². The number of carbonyl (C=O) groups excluding carboxylic acids is 2. The molecule has 1 atom stereocenters. The summed E-state index contributed by atoms with van der Waals surface area (Å²) < 4.78 is 40.5. The molecule has 0 aliphatic heterocycles. The van der Waals surface area contributed by atoms with E-state index in [2.05, 4.69) is 5.32 Å². The van der Waals surface area contributed by atoms with Crippen molar-refractivity contribution < 1.29 is 22.4 Å². The highest BCUT2D eigenvalue weighted by atomic mass is 32.2. The number of para-hydroxylation sites is 1. The molecule has 2 amide bonds. The molecule has 1 N–H and O–H groups in total. The van der Waals surface area contributed by atoms with E-state index in [0.717, 1.165) is 16.1 Å². The number of benzene rings is 3. The molecule has 3 aromatic carbocycles. The normalized spacial score (nSPS) is 12.0. The second-order valence-corrected chi connectivity index (χ2v) is 11.2. The molecule has 38 heavy (non-hydrogen) atoms. The number of rotatable bonds is 11. The quantitative estimate of drug-likeness (QED) is 0.399. The van der Waals surface area contributed by atoms with Crippen molar-refractivity contribution in [3.63, 3.8) is 0 Å². The molecule has 0 saturated carbocycles. The lowest BCUT2D eigenvalue weighted by atomic mass is 10.0. The van der Waals surface area contributed by atoms with Gasteiger partial charge in [-0.3, -0.25) is 13.9 Å². The van der Waals surface area contributed by atoms with Crippen molar-refractivity contribution in [3.8, 4) is 0 Å². The molecular weight excluding hydrogens is 505 g/mol. The van der Waals surface area contributed by atoms with Gasteiger partial charge in [-0.2, -0.15) is 0 Å². The van der Waals surface area contributed by atoms with Crippen LogP contribution in [0.3, 0.4) is 0 Å². The van der Waals surface area contributed by atoms with Crippen molar-refractivity contribution in [2.75, 3.05) is 23.7 Å². The van der Waals surface area contributed by atoms with Gasteiger partial charge in [-0.1, -0.05) is 60.7 Å². The van der Waals surface area contributed by atoms with Crippen molar-refractivity contribution in [2.24, 2.45) is 0 Å². The van der Waals surface area contributed by atoms with Crippen LogP contribution in [0.2, 0.25) is 0 Å². The molecule has 3 rings (SSSR count). The van der Waals surface area contributed by atoms with Crippen LogP contribution in [0.5, 0.6) is 0 Å². The maximum atomic E-state index is 14.0. The number of likely N-dealkylation sites (N-methyl/N-ethyl adjacent to an activating group) is 1. The summed E-state index contributed by atoms with van der Waals surface area (Å²) in [6, 6.07) is 19.4. The number of amides is 2. The van der Waals surface area contributed by atoms with Gasteiger partial charge in [0.05, 0.1) is 11.9 Å². The van der Waals surface area contributed by atoms with Crippen LogP contribution in [-0.2, 0) is 32.6 Å². The number of carbonyl (C=O) groups is 2. The molecule has 0 radical (unpaired) electrons. The average molecular weight is 540 g/mol. The number of halogens is 1. The third-order valence-electron chi connectivity index (χ3n) is 6.26. The fourth-order valence-electron chi connectivity index (χ4n) is 4.41. The molecule has 9 heteroatoms. The third-order valence-corrected chi connectivity index (χ3v) is 7.37. The van der Waals surface area contributed by atoms with Crippen LogP contribution in [-0.4, -0.2) is 50.5 Å². The number of anilines is 1. The monoisotopic (exact) mass is 539 g/mol. The molecule has 0 saturated heterocycles. The molecule has 0 fully saturated rings. The Labute approximate surface area is 224 Å². The number of hydrogen-bond acceptors (Lipinski definition) is 4. The van der Waals surface area contributed by atoms with Gasteiger partial charge in [0.25, 0.3) is 0 Å². The van der Waals surface area contributed by atoms with Crippen LogP contribution < -0.4 is 9.62 Å². The largest absolute Gasteiger partial charge is 0.355 e. The first kappa shape index (κ1) is 28.8. The second-order valence-electron chi connectivity index (χ2n) is 9.26. The zero-order chi connectivity index (χ0) is 27.9. The van der Waals surface area contributed by atoms with Crippen molar-refractivity contribution >= 4 is 27.5 Å². The van der Waals surface area contributed by atoms with Gasteiger partial charge in [0.1, 0.15) is 18.4 Å². The highest BCUT2D eigenvalue weighted by molar-refractivity contribution is 7.92. The van der Waals surface area contributed by atoms with Crippen LogP contribution in [0.15, 0.2) is 72.8 Å². The molecular formula is C29H34FN3O4S. The fraction of sp³-hybridized carbons (Fsp3) is 0.310. The Morgan fingerprint density at radius 3 is 2.05 bits per heavy atom. The third kappa shape index (κ3) is 7.41. The van der Waals surface area contributed by atoms with Crippen LogP contribution in [0.4, 0.5) is 10.1 Å². The Kier molecular flexibility index (Phi) is 9.63. The van der Waals surface area contributed by atoms with Gasteiger partial charge in [-0.25, -0.2) is 12.8 Å². The van der Waals surface area contributed by atoms with E-state index in [0.29, 0.717) is 28.9 Å². The number of hydrogen-bond donors (Lipinski definition) is 1. The predicted molar refractivity (Wildman–Crippen MR) is 148 cm³/mol. The first-order valence-corrected chi connectivity index (χ1v) is 14.3. The summed E-state index contributed by atoms with van der Waals surface area (Å²) in [5.41, 5.74) is 3.30. The maximum Gasteiger partial charge on any atom is 0.244 e. The minimum absolute atomic E-state index is 0.00188. The van der Waals surface area contributed by atoms with E-state index in [1.54, 1.807) is 45.0 Å². The first-order chi connectivity index (χ1) is 18.0. The Bertz CT molecular complexity index is 1340. The molecule has 0 bridgehead atoms. The maximum absolute atomic E-state index is 14.0. The van der Waals surface area contributed by atoms with E-state index in [1.165, 1.54) is 17.0 Å². The van der Waals surface area contributed by atoms with Gasteiger partial charge in [0, 0.05) is 19.5 Å². The summed E-state index contributed by atoms with van der Waals surface area (Å²) in [5.74, 6) is -1.33. The van der Waals surface area contributed by atoms with E-state index in [4.69, 9.17) is 0 Å². The Hall–Kier alpha value is -3.72. The molecule has 202 valence electrons. The van der Waals surface area contributed by atoms with Crippen LogP contribution in [0, 0.1) is 19.7 Å². The highest BCUT2D eigenvalue weighted by Crippen LogP contribution is 2.27. The lowest BCUT2D eigenvalue weighted by molar-refractivity contribution is -0.140. The Balaban J connectivity index is 2.07. The summed E-state index contributed by atoms with van der Waals surface area (Å²) in [7, 11) is -3.85. The number of sulfonamides is 1. The van der Waals surface area contributed by atoms with E-state index >= 15 is 0 Å². The van der Waals surface area contributed by atoms with Crippen molar-refractivity contribution in [3.05, 3.63) is 101 Å². The number of nitrogens with zero attached hydrogens (tertiary/aromatic N) is 2. The first-order valence-electron chi connectivity index (χ1n) is 12.4. The molecule has 7 nitrogen and oxygen atoms in total. The van der Waals surface area contributed by atoms with Gasteiger partial charge in [-0.05, 0) is 55.2 Å². The van der Waals surface area contributed by atoms with Gasteiger partial charge in [0.15, 0.2) is 0 Å². The minimum Gasteiger partial charge on any atom is -0.355 e. The van der Waals surface area contributed by atoms with E-state index in [1.807, 2.05) is 36.4 Å². The zero-order valence-corrected chi connectivity index (χ0v) is 23.0. The lowest BCUT2D eigenvalue weighted by Gasteiger charge is -2.34. The lowest BCUT2D eigenvalue weighted by Crippen LogP contribution is -2.53. The van der Waals surface area contributed by atoms with Crippen LogP contribution in [0.1, 0.15) is 29.2 Å². The summed E-state index contributed by atoms with van der Waals surface area (Å²) in [6.07, 6.45) is 1.28. The van der Waals surface area contributed by atoms with Crippen LogP contribution >= 0.6 is 0 Å². The molecule has 0 spiro atoms.